The number of aryl methyl sites for hydroxylation is 1. The van der Waals surface area contributed by atoms with Crippen LogP contribution in [-0.4, -0.2) is 18.4 Å². The number of halogens is 4. The number of rotatable bonds is 4. The van der Waals surface area contributed by atoms with E-state index in [1.165, 1.54) is 12.3 Å². The highest BCUT2D eigenvalue weighted by molar-refractivity contribution is 9.10. The van der Waals surface area contributed by atoms with Crippen molar-refractivity contribution in [3.05, 3.63) is 52.0 Å². The summed E-state index contributed by atoms with van der Waals surface area (Å²) >= 11 is 3.22. The normalized spacial score (nSPS) is 12.2. The minimum Gasteiger partial charge on any atom is -0.282 e. The van der Waals surface area contributed by atoms with Crippen molar-refractivity contribution in [2.75, 3.05) is 4.72 Å². The fourth-order valence-electron chi connectivity index (χ4n) is 1.71. The van der Waals surface area contributed by atoms with Crippen molar-refractivity contribution < 1.29 is 21.6 Å². The van der Waals surface area contributed by atoms with Crippen molar-refractivity contribution >= 4 is 31.6 Å². The largest absolute Gasteiger partial charge is 0.416 e. The van der Waals surface area contributed by atoms with Crippen molar-refractivity contribution in [3.8, 4) is 0 Å². The Balaban J connectivity index is 2.19. The smallest absolute Gasteiger partial charge is 0.282 e. The summed E-state index contributed by atoms with van der Waals surface area (Å²) in [5, 5.41) is 0. The molecule has 0 fully saturated rings. The number of alkyl halides is 3. The number of anilines is 1. The van der Waals surface area contributed by atoms with Gasteiger partial charge in [-0.05, 0) is 41.1 Å². The van der Waals surface area contributed by atoms with Crippen LogP contribution in [0.4, 0.5) is 18.9 Å². The van der Waals surface area contributed by atoms with E-state index < -0.39 is 27.5 Å². The van der Waals surface area contributed by atoms with E-state index in [4.69, 9.17) is 0 Å². The lowest BCUT2D eigenvalue weighted by Gasteiger charge is -2.10. The van der Waals surface area contributed by atoms with E-state index in [0.717, 1.165) is 12.3 Å². The van der Waals surface area contributed by atoms with Crippen molar-refractivity contribution in [3.63, 3.8) is 0 Å². The third kappa shape index (κ3) is 4.90. The van der Waals surface area contributed by atoms with E-state index in [0.29, 0.717) is 16.2 Å². The highest BCUT2D eigenvalue weighted by Gasteiger charge is 2.31. The Kier molecular flexibility index (Phi) is 4.95. The van der Waals surface area contributed by atoms with Gasteiger partial charge in [0.2, 0.25) is 10.0 Å². The van der Waals surface area contributed by atoms with Gasteiger partial charge in [0.25, 0.3) is 0 Å². The molecule has 0 spiro atoms. The van der Waals surface area contributed by atoms with Crippen molar-refractivity contribution in [2.45, 2.75) is 18.9 Å². The molecule has 0 unspecified atom stereocenters. The molecule has 2 heterocycles. The lowest BCUT2D eigenvalue weighted by atomic mass is 10.2. The van der Waals surface area contributed by atoms with Gasteiger partial charge in [-0.1, -0.05) is 0 Å². The van der Waals surface area contributed by atoms with E-state index in [1.807, 2.05) is 0 Å². The first-order valence-corrected chi connectivity index (χ1v) is 8.66. The SMILES string of the molecule is Cc1ncc(NS(=O)(=O)Cc2cc(C(F)(F)F)ccn2)cc1Br. The van der Waals surface area contributed by atoms with Gasteiger partial charge >= 0.3 is 6.18 Å². The van der Waals surface area contributed by atoms with Crippen LogP contribution in [0.3, 0.4) is 0 Å². The zero-order valence-electron chi connectivity index (χ0n) is 11.7. The fraction of sp³-hybridized carbons (Fsp3) is 0.231. The van der Waals surface area contributed by atoms with Crippen molar-refractivity contribution in [1.82, 2.24) is 9.97 Å². The van der Waals surface area contributed by atoms with Gasteiger partial charge in [-0.15, -0.1) is 0 Å². The predicted octanol–water partition coefficient (Wildman–Crippen LogP) is 3.51. The molecular weight excluding hydrogens is 399 g/mol. The molecule has 10 heteroatoms. The highest BCUT2D eigenvalue weighted by Crippen LogP contribution is 2.29. The number of nitrogens with one attached hydrogen (secondary N) is 1. The fourth-order valence-corrected chi connectivity index (χ4v) is 3.15. The topological polar surface area (TPSA) is 72.0 Å². The van der Waals surface area contributed by atoms with Crippen LogP contribution in [0.5, 0.6) is 0 Å². The van der Waals surface area contributed by atoms with Crippen LogP contribution in [0.15, 0.2) is 35.1 Å². The number of hydrogen-bond donors (Lipinski definition) is 1. The third-order valence-corrected chi connectivity index (χ3v) is 4.81. The zero-order valence-corrected chi connectivity index (χ0v) is 14.1. The second-order valence-electron chi connectivity index (χ2n) is 4.69. The predicted molar refractivity (Wildman–Crippen MR) is 82.2 cm³/mol. The van der Waals surface area contributed by atoms with Gasteiger partial charge in [0.05, 0.1) is 28.8 Å². The number of hydrogen-bond acceptors (Lipinski definition) is 4. The van der Waals surface area contributed by atoms with Crippen molar-refractivity contribution in [2.24, 2.45) is 0 Å². The molecule has 23 heavy (non-hydrogen) atoms. The van der Waals surface area contributed by atoms with Crippen LogP contribution in [0.25, 0.3) is 0 Å². The monoisotopic (exact) mass is 409 g/mol. The summed E-state index contributed by atoms with van der Waals surface area (Å²) in [7, 11) is -3.92. The lowest BCUT2D eigenvalue weighted by molar-refractivity contribution is -0.137. The molecule has 0 aliphatic heterocycles. The minimum absolute atomic E-state index is 0.202. The summed E-state index contributed by atoms with van der Waals surface area (Å²) in [6.07, 6.45) is -2.31. The quantitative estimate of drug-likeness (QED) is 0.838. The summed E-state index contributed by atoms with van der Waals surface area (Å²) in [5.74, 6) is -0.678. The van der Waals surface area contributed by atoms with Crippen LogP contribution in [0.2, 0.25) is 0 Å². The van der Waals surface area contributed by atoms with Crippen molar-refractivity contribution in [1.29, 1.82) is 0 Å². The Hall–Kier alpha value is -1.68. The first kappa shape index (κ1) is 17.7. The van der Waals surface area contributed by atoms with Gasteiger partial charge in [-0.2, -0.15) is 13.2 Å². The Labute approximate surface area is 139 Å². The van der Waals surface area contributed by atoms with E-state index >= 15 is 0 Å². The van der Waals surface area contributed by atoms with Gasteiger partial charge in [0, 0.05) is 10.7 Å². The summed E-state index contributed by atoms with van der Waals surface area (Å²) in [6.45, 7) is 1.73. The molecular formula is C13H11BrF3N3O2S. The van der Waals surface area contributed by atoms with Crippen LogP contribution >= 0.6 is 15.9 Å². The van der Waals surface area contributed by atoms with E-state index in [-0.39, 0.29) is 11.4 Å². The van der Waals surface area contributed by atoms with Gasteiger partial charge in [0.15, 0.2) is 0 Å². The number of pyridine rings is 2. The minimum atomic E-state index is -4.55. The van der Waals surface area contributed by atoms with Gasteiger partial charge in [0.1, 0.15) is 5.75 Å². The molecule has 0 atom stereocenters. The average molecular weight is 410 g/mol. The molecule has 0 amide bonds. The maximum Gasteiger partial charge on any atom is 0.416 e. The second-order valence-corrected chi connectivity index (χ2v) is 7.26. The number of aromatic nitrogens is 2. The molecule has 0 saturated heterocycles. The maximum absolute atomic E-state index is 12.6. The Morgan fingerprint density at radius 2 is 1.96 bits per heavy atom. The Morgan fingerprint density at radius 3 is 2.57 bits per heavy atom. The molecule has 0 bridgehead atoms. The summed E-state index contributed by atoms with van der Waals surface area (Å²) in [4.78, 5) is 7.65. The average Bonchev–Trinajstić information content (AvgIpc) is 2.41. The molecule has 1 N–H and O–H groups in total. The Bertz CT molecular complexity index is 825. The second kappa shape index (κ2) is 6.44. The highest BCUT2D eigenvalue weighted by atomic mass is 79.9. The van der Waals surface area contributed by atoms with Crippen LogP contribution in [-0.2, 0) is 22.0 Å². The summed E-state index contributed by atoms with van der Waals surface area (Å²) in [5.41, 5.74) is -0.272. The molecule has 5 nitrogen and oxygen atoms in total. The van der Waals surface area contributed by atoms with E-state index in [2.05, 4.69) is 30.6 Å². The molecule has 0 aromatic carbocycles. The molecule has 0 saturated carbocycles. The molecule has 0 aliphatic rings. The van der Waals surface area contributed by atoms with Crippen LogP contribution in [0, 0.1) is 6.92 Å². The summed E-state index contributed by atoms with van der Waals surface area (Å²) < 4.78 is 64.8. The van der Waals surface area contributed by atoms with E-state index in [1.54, 1.807) is 6.92 Å². The molecule has 2 aromatic heterocycles. The van der Waals surface area contributed by atoms with Gasteiger partial charge < -0.3 is 0 Å². The maximum atomic E-state index is 12.6. The molecule has 2 rings (SSSR count). The zero-order chi connectivity index (χ0) is 17.3. The lowest BCUT2D eigenvalue weighted by Crippen LogP contribution is -2.17. The summed E-state index contributed by atoms with van der Waals surface area (Å²) in [6, 6.07) is 3.01. The van der Waals surface area contributed by atoms with Gasteiger partial charge in [-0.3, -0.25) is 14.7 Å². The Morgan fingerprint density at radius 1 is 1.26 bits per heavy atom. The third-order valence-electron chi connectivity index (χ3n) is 2.78. The molecule has 0 aliphatic carbocycles. The molecule has 2 aromatic rings. The standard InChI is InChI=1S/C13H11BrF3N3O2S/c1-8-12(14)5-10(6-19-8)20-23(21,22)7-11-4-9(2-3-18-11)13(15,16)17/h2-6,20H,7H2,1H3. The number of sulfonamides is 1. The first-order valence-electron chi connectivity index (χ1n) is 6.21. The van der Waals surface area contributed by atoms with Gasteiger partial charge in [-0.25, -0.2) is 8.42 Å². The molecule has 0 radical (unpaired) electrons. The van der Waals surface area contributed by atoms with E-state index in [9.17, 15) is 21.6 Å². The molecule has 124 valence electrons. The van der Waals surface area contributed by atoms with Crippen LogP contribution in [0.1, 0.15) is 17.0 Å². The van der Waals surface area contributed by atoms with Crippen LogP contribution < -0.4 is 4.72 Å². The first-order chi connectivity index (χ1) is 10.6. The number of nitrogens with zero attached hydrogens (tertiary/aromatic N) is 2.